The van der Waals surface area contributed by atoms with Gasteiger partial charge in [0.25, 0.3) is 0 Å². The predicted octanol–water partition coefficient (Wildman–Crippen LogP) is 6.23. The van der Waals surface area contributed by atoms with Gasteiger partial charge in [-0.2, -0.15) is 0 Å². The van der Waals surface area contributed by atoms with E-state index in [2.05, 4.69) is 60.7 Å². The van der Waals surface area contributed by atoms with Crippen molar-refractivity contribution in [3.05, 3.63) is 22.8 Å². The number of hydrogen-bond acceptors (Lipinski definition) is 2. The second-order valence-electron chi connectivity index (χ2n) is 9.74. The van der Waals surface area contributed by atoms with Crippen LogP contribution >= 0.6 is 0 Å². The standard InChI is InChI=1S/C21H40O2Si/c1-16-11-10-13-21(6,7)18(16)15-19(22)17(2)12-14-23-24(8,9)20(3,4)5/h12,19,22H,10-11,13-15H2,1-9H3/b17-12-. The zero-order chi connectivity index (χ0) is 18.8. The topological polar surface area (TPSA) is 29.5 Å². The van der Waals surface area contributed by atoms with Gasteiger partial charge in [0.1, 0.15) is 0 Å². The van der Waals surface area contributed by atoms with Crippen molar-refractivity contribution in [2.24, 2.45) is 5.41 Å². The first-order valence-corrected chi connectivity index (χ1v) is 12.4. The minimum atomic E-state index is -1.72. The molecule has 1 N–H and O–H groups in total. The molecule has 0 bridgehead atoms. The summed E-state index contributed by atoms with van der Waals surface area (Å²) in [6.07, 6.45) is 6.13. The van der Waals surface area contributed by atoms with E-state index >= 15 is 0 Å². The Hall–Kier alpha value is -0.383. The number of allylic oxidation sites excluding steroid dienone is 1. The molecule has 0 amide bonds. The highest BCUT2D eigenvalue weighted by molar-refractivity contribution is 6.74. The summed E-state index contributed by atoms with van der Waals surface area (Å²) in [4.78, 5) is 0. The molecular formula is C21H40O2Si. The molecule has 1 rings (SSSR count). The highest BCUT2D eigenvalue weighted by Gasteiger charge is 2.36. The first kappa shape index (κ1) is 21.7. The molecule has 1 unspecified atom stereocenters. The van der Waals surface area contributed by atoms with Gasteiger partial charge in [-0.3, -0.25) is 0 Å². The molecule has 2 nitrogen and oxygen atoms in total. The van der Waals surface area contributed by atoms with Crippen LogP contribution in [0.2, 0.25) is 18.1 Å². The van der Waals surface area contributed by atoms with Crippen LogP contribution in [0.4, 0.5) is 0 Å². The third-order valence-corrected chi connectivity index (χ3v) is 10.8. The van der Waals surface area contributed by atoms with Gasteiger partial charge in [-0.25, -0.2) is 0 Å². The van der Waals surface area contributed by atoms with E-state index in [-0.39, 0.29) is 10.5 Å². The maximum atomic E-state index is 10.7. The summed E-state index contributed by atoms with van der Waals surface area (Å²) in [6.45, 7) is 20.8. The lowest BCUT2D eigenvalue weighted by atomic mass is 9.70. The van der Waals surface area contributed by atoms with Gasteiger partial charge in [0.2, 0.25) is 0 Å². The van der Waals surface area contributed by atoms with Crippen molar-refractivity contribution in [3.8, 4) is 0 Å². The lowest BCUT2D eigenvalue weighted by Crippen LogP contribution is -2.40. The summed E-state index contributed by atoms with van der Waals surface area (Å²) in [5.41, 5.74) is 4.20. The third-order valence-electron chi connectivity index (χ3n) is 6.26. The first-order valence-electron chi connectivity index (χ1n) is 9.46. The van der Waals surface area contributed by atoms with Gasteiger partial charge in [-0.05, 0) is 68.7 Å². The zero-order valence-corrected chi connectivity index (χ0v) is 18.5. The van der Waals surface area contributed by atoms with E-state index in [1.807, 2.05) is 6.92 Å². The van der Waals surface area contributed by atoms with Gasteiger partial charge in [-0.1, -0.05) is 51.8 Å². The lowest BCUT2D eigenvalue weighted by Gasteiger charge is -2.36. The number of aliphatic hydroxyl groups is 1. The maximum Gasteiger partial charge on any atom is 0.192 e. The Bertz CT molecular complexity index is 492. The Morgan fingerprint density at radius 2 is 1.92 bits per heavy atom. The summed E-state index contributed by atoms with van der Waals surface area (Å²) >= 11 is 0. The van der Waals surface area contributed by atoms with Crippen LogP contribution in [-0.4, -0.2) is 26.1 Å². The molecule has 140 valence electrons. The summed E-state index contributed by atoms with van der Waals surface area (Å²) in [6, 6.07) is 0. The second-order valence-corrected chi connectivity index (χ2v) is 14.5. The monoisotopic (exact) mass is 352 g/mol. The molecule has 1 aliphatic rings. The van der Waals surface area contributed by atoms with Gasteiger partial charge in [0.15, 0.2) is 8.32 Å². The molecule has 0 aromatic heterocycles. The summed E-state index contributed by atoms with van der Waals surface area (Å²) in [7, 11) is -1.72. The SMILES string of the molecule is CC1=C(CC(O)/C(C)=C\CO[Si](C)(C)C(C)(C)C)C(C)(C)CCC1. The van der Waals surface area contributed by atoms with E-state index < -0.39 is 14.4 Å². The molecule has 3 heteroatoms. The van der Waals surface area contributed by atoms with Crippen LogP contribution in [0.1, 0.15) is 74.1 Å². The Kier molecular flexibility index (Phi) is 7.11. The maximum absolute atomic E-state index is 10.7. The zero-order valence-electron chi connectivity index (χ0n) is 17.5. The van der Waals surface area contributed by atoms with Crippen molar-refractivity contribution in [3.63, 3.8) is 0 Å². The molecular weight excluding hydrogens is 312 g/mol. The van der Waals surface area contributed by atoms with Crippen molar-refractivity contribution in [1.29, 1.82) is 0 Å². The minimum absolute atomic E-state index is 0.223. The fourth-order valence-electron chi connectivity index (χ4n) is 3.21. The Balaban J connectivity index is 2.69. The van der Waals surface area contributed by atoms with E-state index in [1.54, 1.807) is 0 Å². The molecule has 0 aromatic carbocycles. The molecule has 0 spiro atoms. The van der Waals surface area contributed by atoms with E-state index in [4.69, 9.17) is 4.43 Å². The quantitative estimate of drug-likeness (QED) is 0.453. The van der Waals surface area contributed by atoms with Gasteiger partial charge >= 0.3 is 0 Å². The molecule has 0 saturated carbocycles. The lowest BCUT2D eigenvalue weighted by molar-refractivity contribution is 0.195. The molecule has 0 radical (unpaired) electrons. The average Bonchev–Trinajstić information content (AvgIpc) is 2.40. The van der Waals surface area contributed by atoms with Crippen molar-refractivity contribution < 1.29 is 9.53 Å². The molecule has 1 atom stereocenters. The van der Waals surface area contributed by atoms with E-state index in [1.165, 1.54) is 30.4 Å². The van der Waals surface area contributed by atoms with Gasteiger partial charge in [0, 0.05) is 0 Å². The van der Waals surface area contributed by atoms with E-state index in [0.717, 1.165) is 12.0 Å². The summed E-state index contributed by atoms with van der Waals surface area (Å²) in [5.74, 6) is 0. The highest BCUT2D eigenvalue weighted by atomic mass is 28.4. The molecule has 24 heavy (non-hydrogen) atoms. The van der Waals surface area contributed by atoms with Crippen molar-refractivity contribution >= 4 is 8.32 Å². The van der Waals surface area contributed by atoms with E-state index in [0.29, 0.717) is 6.61 Å². The van der Waals surface area contributed by atoms with Crippen LogP contribution in [0.15, 0.2) is 22.8 Å². The third kappa shape index (κ3) is 5.57. The molecule has 0 aliphatic heterocycles. The molecule has 0 heterocycles. The van der Waals surface area contributed by atoms with Crippen LogP contribution in [0, 0.1) is 5.41 Å². The number of rotatable bonds is 6. The second kappa shape index (κ2) is 7.88. The predicted molar refractivity (Wildman–Crippen MR) is 108 cm³/mol. The van der Waals surface area contributed by atoms with Crippen LogP contribution in [0.5, 0.6) is 0 Å². The summed E-state index contributed by atoms with van der Waals surface area (Å²) in [5, 5.41) is 10.9. The van der Waals surface area contributed by atoms with Crippen LogP contribution in [0.25, 0.3) is 0 Å². The Morgan fingerprint density at radius 3 is 2.42 bits per heavy atom. The Labute approximate surface area is 151 Å². The smallest absolute Gasteiger partial charge is 0.192 e. The fourth-order valence-corrected chi connectivity index (χ4v) is 4.15. The van der Waals surface area contributed by atoms with Crippen LogP contribution in [0.3, 0.4) is 0 Å². The molecule has 0 aromatic rings. The average molecular weight is 353 g/mol. The molecule has 0 saturated heterocycles. The Morgan fingerprint density at radius 1 is 1.33 bits per heavy atom. The normalized spacial score (nSPS) is 21.2. The van der Waals surface area contributed by atoms with Gasteiger partial charge < -0.3 is 9.53 Å². The van der Waals surface area contributed by atoms with Crippen molar-refractivity contribution in [2.75, 3.05) is 6.61 Å². The first-order chi connectivity index (χ1) is 10.8. The number of hydrogen-bond donors (Lipinski definition) is 1. The van der Waals surface area contributed by atoms with Crippen molar-refractivity contribution in [2.45, 2.75) is 98.4 Å². The van der Waals surface area contributed by atoms with Gasteiger partial charge in [0.05, 0.1) is 12.7 Å². The summed E-state index contributed by atoms with van der Waals surface area (Å²) < 4.78 is 6.21. The largest absolute Gasteiger partial charge is 0.413 e. The van der Waals surface area contributed by atoms with Crippen LogP contribution in [-0.2, 0) is 4.43 Å². The van der Waals surface area contributed by atoms with Gasteiger partial charge in [-0.15, -0.1) is 0 Å². The number of aliphatic hydroxyl groups excluding tert-OH is 1. The minimum Gasteiger partial charge on any atom is -0.413 e. The molecule has 1 aliphatic carbocycles. The highest BCUT2D eigenvalue weighted by Crippen LogP contribution is 2.42. The van der Waals surface area contributed by atoms with Crippen LogP contribution < -0.4 is 0 Å². The fraction of sp³-hybridized carbons (Fsp3) is 0.810. The van der Waals surface area contributed by atoms with Crippen molar-refractivity contribution in [1.82, 2.24) is 0 Å². The molecule has 0 fully saturated rings. The van der Waals surface area contributed by atoms with E-state index in [9.17, 15) is 5.11 Å².